The molecule has 1 atom stereocenters. The number of amides is 2. The second kappa shape index (κ2) is 10.1. The van der Waals surface area contributed by atoms with Gasteiger partial charge in [0.05, 0.1) is 6.61 Å². The predicted octanol–water partition coefficient (Wildman–Crippen LogP) is 4.22. The number of benzene rings is 1. The third kappa shape index (κ3) is 5.62. The highest BCUT2D eigenvalue weighted by atomic mass is 16.5. The first-order valence-electron chi connectivity index (χ1n) is 10.5. The molecule has 1 fully saturated rings. The minimum Gasteiger partial charge on any atom is -0.494 e. The summed E-state index contributed by atoms with van der Waals surface area (Å²) >= 11 is 0. The summed E-state index contributed by atoms with van der Waals surface area (Å²) in [7, 11) is 0. The number of hydrogen-bond donors (Lipinski definition) is 2. The highest BCUT2D eigenvalue weighted by Crippen LogP contribution is 2.24. The lowest BCUT2D eigenvalue weighted by molar-refractivity contribution is 0.142. The topological polar surface area (TPSA) is 74.4 Å². The summed E-state index contributed by atoms with van der Waals surface area (Å²) in [6, 6.07) is 9.18. The fourth-order valence-electron chi connectivity index (χ4n) is 3.93. The lowest BCUT2D eigenvalue weighted by atomic mass is 9.93. The van der Waals surface area contributed by atoms with E-state index in [0.29, 0.717) is 19.2 Å². The van der Waals surface area contributed by atoms with E-state index >= 15 is 0 Å². The van der Waals surface area contributed by atoms with Gasteiger partial charge in [-0.05, 0) is 50.5 Å². The molecule has 0 spiro atoms. The third-order valence-corrected chi connectivity index (χ3v) is 5.54. The van der Waals surface area contributed by atoms with Gasteiger partial charge >= 0.3 is 6.03 Å². The fraction of sp³-hybridized carbons (Fsp3) is 0.478. The normalized spacial score (nSPS) is 15.6. The van der Waals surface area contributed by atoms with Crippen molar-refractivity contribution in [1.29, 1.82) is 0 Å². The Balaban J connectivity index is 1.46. The Labute approximate surface area is 171 Å². The lowest BCUT2D eigenvalue weighted by Gasteiger charge is -2.37. The maximum Gasteiger partial charge on any atom is 0.318 e. The number of hydrogen-bond acceptors (Lipinski definition) is 3. The number of H-pyrrole nitrogens is 1. The van der Waals surface area contributed by atoms with E-state index in [9.17, 15) is 9.59 Å². The molecule has 1 aliphatic carbocycles. The number of fused-ring (bicyclic) bond motifs is 1. The van der Waals surface area contributed by atoms with E-state index < -0.39 is 0 Å². The van der Waals surface area contributed by atoms with E-state index in [2.05, 4.69) is 16.9 Å². The van der Waals surface area contributed by atoms with Gasteiger partial charge in [-0.15, -0.1) is 6.58 Å². The van der Waals surface area contributed by atoms with Crippen LogP contribution < -0.4 is 15.6 Å². The summed E-state index contributed by atoms with van der Waals surface area (Å²) in [5.41, 5.74) is 0.672. The standard InChI is InChI=1S/C23H31N3O3/c1-3-17(2)26(19-8-5-4-6-9-19)23(28)24-14-7-15-29-20-11-12-21-18(16-20)10-13-22(27)25-21/h3,10-13,16-17,19H,1,4-9,14-15H2,2H3,(H,24,28)(H,25,27). The summed E-state index contributed by atoms with van der Waals surface area (Å²) in [6.45, 7) is 6.96. The Kier molecular flexibility index (Phi) is 7.33. The molecule has 1 unspecified atom stereocenters. The van der Waals surface area contributed by atoms with E-state index in [-0.39, 0.29) is 17.6 Å². The van der Waals surface area contributed by atoms with Crippen LogP contribution in [0, 0.1) is 0 Å². The summed E-state index contributed by atoms with van der Waals surface area (Å²) in [6.07, 6.45) is 8.33. The Morgan fingerprint density at radius 2 is 2.10 bits per heavy atom. The van der Waals surface area contributed by atoms with Crippen molar-refractivity contribution in [3.8, 4) is 5.75 Å². The molecule has 29 heavy (non-hydrogen) atoms. The van der Waals surface area contributed by atoms with Gasteiger partial charge in [0.1, 0.15) is 5.75 Å². The number of pyridine rings is 1. The zero-order valence-electron chi connectivity index (χ0n) is 17.2. The number of urea groups is 1. The number of nitrogens with one attached hydrogen (secondary N) is 2. The largest absolute Gasteiger partial charge is 0.494 e. The zero-order valence-corrected chi connectivity index (χ0v) is 17.2. The Bertz CT molecular complexity index is 886. The van der Waals surface area contributed by atoms with Crippen LogP contribution in [0.1, 0.15) is 45.4 Å². The van der Waals surface area contributed by atoms with Crippen LogP contribution in [0.25, 0.3) is 10.9 Å². The van der Waals surface area contributed by atoms with Gasteiger partial charge in [0.15, 0.2) is 0 Å². The lowest BCUT2D eigenvalue weighted by Crippen LogP contribution is -2.51. The van der Waals surface area contributed by atoms with Gasteiger partial charge in [-0.3, -0.25) is 4.79 Å². The van der Waals surface area contributed by atoms with Gasteiger partial charge in [0, 0.05) is 35.6 Å². The first-order valence-corrected chi connectivity index (χ1v) is 10.5. The SMILES string of the molecule is C=CC(C)N(C(=O)NCCCOc1ccc2[nH]c(=O)ccc2c1)C1CCCCC1. The maximum absolute atomic E-state index is 12.7. The Morgan fingerprint density at radius 1 is 1.31 bits per heavy atom. The molecule has 1 aromatic heterocycles. The first kappa shape index (κ1) is 21.0. The van der Waals surface area contributed by atoms with Gasteiger partial charge in [-0.1, -0.05) is 25.3 Å². The molecule has 2 aromatic rings. The van der Waals surface area contributed by atoms with Crippen LogP contribution in [0.5, 0.6) is 5.75 Å². The highest BCUT2D eigenvalue weighted by Gasteiger charge is 2.27. The van der Waals surface area contributed by atoms with Crippen molar-refractivity contribution in [1.82, 2.24) is 15.2 Å². The molecule has 0 radical (unpaired) electrons. The van der Waals surface area contributed by atoms with Crippen LogP contribution in [0.2, 0.25) is 0 Å². The van der Waals surface area contributed by atoms with E-state index in [1.165, 1.54) is 25.3 Å². The number of rotatable bonds is 8. The van der Waals surface area contributed by atoms with Crippen molar-refractivity contribution in [2.45, 2.75) is 57.5 Å². The maximum atomic E-state index is 12.7. The molecule has 6 nitrogen and oxygen atoms in total. The van der Waals surface area contributed by atoms with E-state index in [4.69, 9.17) is 4.74 Å². The van der Waals surface area contributed by atoms with Crippen LogP contribution in [0.15, 0.2) is 47.8 Å². The van der Waals surface area contributed by atoms with E-state index in [0.717, 1.165) is 35.9 Å². The average Bonchev–Trinajstić information content (AvgIpc) is 2.74. The molecular formula is C23H31N3O3. The highest BCUT2D eigenvalue weighted by molar-refractivity contribution is 5.79. The molecular weight excluding hydrogens is 366 g/mol. The molecule has 3 rings (SSSR count). The summed E-state index contributed by atoms with van der Waals surface area (Å²) in [5.74, 6) is 0.750. The Hall–Kier alpha value is -2.76. The van der Waals surface area contributed by atoms with Crippen molar-refractivity contribution >= 4 is 16.9 Å². The van der Waals surface area contributed by atoms with Crippen LogP contribution in [-0.2, 0) is 0 Å². The fourth-order valence-corrected chi connectivity index (χ4v) is 3.93. The number of nitrogens with zero attached hydrogens (tertiary/aromatic N) is 1. The van der Waals surface area contributed by atoms with Crippen LogP contribution in [0.3, 0.4) is 0 Å². The molecule has 0 aliphatic heterocycles. The smallest absolute Gasteiger partial charge is 0.318 e. The van der Waals surface area contributed by atoms with E-state index in [1.54, 1.807) is 6.07 Å². The van der Waals surface area contributed by atoms with Gasteiger partial charge in [-0.25, -0.2) is 4.79 Å². The monoisotopic (exact) mass is 397 g/mol. The van der Waals surface area contributed by atoms with Gasteiger partial charge < -0.3 is 19.9 Å². The van der Waals surface area contributed by atoms with Crippen molar-refractivity contribution in [2.75, 3.05) is 13.2 Å². The molecule has 2 N–H and O–H groups in total. The molecule has 1 aromatic carbocycles. The molecule has 0 bridgehead atoms. The van der Waals surface area contributed by atoms with Gasteiger partial charge in [0.2, 0.25) is 5.56 Å². The van der Waals surface area contributed by atoms with Crippen molar-refractivity contribution in [2.24, 2.45) is 0 Å². The van der Waals surface area contributed by atoms with Crippen molar-refractivity contribution in [3.63, 3.8) is 0 Å². The van der Waals surface area contributed by atoms with Gasteiger partial charge in [0.25, 0.3) is 0 Å². The zero-order chi connectivity index (χ0) is 20.6. The third-order valence-electron chi connectivity index (χ3n) is 5.54. The number of carbonyl (C=O) groups excluding carboxylic acids is 1. The minimum absolute atomic E-state index is 0.0149. The summed E-state index contributed by atoms with van der Waals surface area (Å²) in [5, 5.41) is 3.96. The number of ether oxygens (including phenoxy) is 1. The molecule has 1 aliphatic rings. The van der Waals surface area contributed by atoms with Gasteiger partial charge in [-0.2, -0.15) is 0 Å². The van der Waals surface area contributed by atoms with Crippen LogP contribution in [-0.4, -0.2) is 41.2 Å². The first-order chi connectivity index (χ1) is 14.1. The number of aromatic nitrogens is 1. The Morgan fingerprint density at radius 3 is 2.86 bits per heavy atom. The van der Waals surface area contributed by atoms with Crippen molar-refractivity contribution in [3.05, 3.63) is 53.3 Å². The predicted molar refractivity (Wildman–Crippen MR) is 116 cm³/mol. The molecule has 156 valence electrons. The average molecular weight is 398 g/mol. The second-order valence-electron chi connectivity index (χ2n) is 7.68. The second-order valence-corrected chi connectivity index (χ2v) is 7.68. The summed E-state index contributed by atoms with van der Waals surface area (Å²) in [4.78, 5) is 28.8. The number of aromatic amines is 1. The number of carbonyl (C=O) groups is 1. The van der Waals surface area contributed by atoms with E-state index in [1.807, 2.05) is 36.1 Å². The van der Waals surface area contributed by atoms with Crippen molar-refractivity contribution < 1.29 is 9.53 Å². The quantitative estimate of drug-likeness (QED) is 0.517. The van der Waals surface area contributed by atoms with Crippen LogP contribution in [0.4, 0.5) is 4.79 Å². The molecule has 2 amide bonds. The molecule has 1 saturated carbocycles. The summed E-state index contributed by atoms with van der Waals surface area (Å²) < 4.78 is 5.80. The molecule has 1 heterocycles. The minimum atomic E-state index is -0.116. The van der Waals surface area contributed by atoms with Crippen LogP contribution >= 0.6 is 0 Å². The molecule has 0 saturated heterocycles. The molecule has 6 heteroatoms.